The van der Waals surface area contributed by atoms with Crippen LogP contribution in [-0.2, 0) is 5.41 Å². The number of carbonyl (C=O) groups is 2. The fraction of sp³-hybridized carbons (Fsp3) is 0.440. The standard InChI is InChI=1S/C25H26O5S/c1-30-22-10-21(26)19(24(29)31-18-4-2-17(3-5-18)23(27)28)9-20(22)25-11-14-6-15(12-25)8-16(7-14)13-25/h2-5,9-10,14-16,26H,6-8,11-13H2,1H3,(H,27,28). The highest BCUT2D eigenvalue weighted by Crippen LogP contribution is 2.62. The second-order valence-electron chi connectivity index (χ2n) is 9.49. The highest BCUT2D eigenvalue weighted by atomic mass is 32.2. The van der Waals surface area contributed by atoms with Crippen LogP contribution in [0.1, 0.15) is 64.8 Å². The Kier molecular flexibility index (Phi) is 5.00. The molecule has 0 aromatic heterocycles. The number of methoxy groups -OCH3 is 1. The van der Waals surface area contributed by atoms with Crippen molar-refractivity contribution < 1.29 is 24.5 Å². The molecular weight excluding hydrogens is 412 g/mol. The molecule has 0 unspecified atom stereocenters. The average molecular weight is 439 g/mol. The van der Waals surface area contributed by atoms with Gasteiger partial charge in [0.05, 0.1) is 18.2 Å². The number of ether oxygens (including phenoxy) is 1. The Hall–Kier alpha value is -2.47. The normalized spacial score (nSPS) is 28.5. The Morgan fingerprint density at radius 2 is 1.58 bits per heavy atom. The number of carbonyl (C=O) groups excluding carboxylic acids is 1. The van der Waals surface area contributed by atoms with Gasteiger partial charge in [0.15, 0.2) is 0 Å². The molecule has 4 aliphatic rings. The fourth-order valence-electron chi connectivity index (χ4n) is 6.58. The maximum Gasteiger partial charge on any atom is 0.335 e. The van der Waals surface area contributed by atoms with Crippen molar-refractivity contribution >= 4 is 22.8 Å². The summed E-state index contributed by atoms with van der Waals surface area (Å²) in [5.41, 5.74) is 1.57. The maximum atomic E-state index is 13.1. The van der Waals surface area contributed by atoms with Gasteiger partial charge in [-0.3, -0.25) is 4.79 Å². The SMILES string of the molecule is COc1cc(O)c(C(=O)Sc2ccc(C(=O)O)cc2)cc1C12CC3CC(CC(C3)C1)C2. The van der Waals surface area contributed by atoms with Gasteiger partial charge in [-0.05, 0) is 104 Å². The predicted octanol–water partition coefficient (Wildman–Crippen LogP) is 5.50. The van der Waals surface area contributed by atoms with E-state index in [1.165, 1.54) is 31.4 Å². The first kappa shape index (κ1) is 20.4. The van der Waals surface area contributed by atoms with Crippen LogP contribution in [0.4, 0.5) is 0 Å². The molecule has 2 N–H and O–H groups in total. The van der Waals surface area contributed by atoms with Crippen molar-refractivity contribution in [1.29, 1.82) is 0 Å². The molecule has 31 heavy (non-hydrogen) atoms. The van der Waals surface area contributed by atoms with Gasteiger partial charge in [0.1, 0.15) is 11.5 Å². The summed E-state index contributed by atoms with van der Waals surface area (Å²) in [6.07, 6.45) is 7.39. The van der Waals surface area contributed by atoms with Gasteiger partial charge in [0, 0.05) is 16.5 Å². The maximum absolute atomic E-state index is 13.1. The van der Waals surface area contributed by atoms with Gasteiger partial charge in [0.2, 0.25) is 5.12 Å². The number of carboxylic acid groups (broad SMARTS) is 1. The van der Waals surface area contributed by atoms with Crippen molar-refractivity contribution in [3.8, 4) is 11.5 Å². The van der Waals surface area contributed by atoms with Crippen LogP contribution >= 0.6 is 11.8 Å². The van der Waals surface area contributed by atoms with E-state index in [0.717, 1.165) is 54.3 Å². The van der Waals surface area contributed by atoms with Gasteiger partial charge in [-0.1, -0.05) is 0 Å². The van der Waals surface area contributed by atoms with Gasteiger partial charge >= 0.3 is 5.97 Å². The van der Waals surface area contributed by atoms with E-state index in [2.05, 4.69) is 0 Å². The molecule has 2 aromatic rings. The highest BCUT2D eigenvalue weighted by Gasteiger charge is 2.52. The third kappa shape index (κ3) is 3.61. The molecule has 4 saturated carbocycles. The van der Waals surface area contributed by atoms with Crippen LogP contribution in [0.2, 0.25) is 0 Å². The number of rotatable bonds is 5. The molecule has 4 bridgehead atoms. The molecule has 0 saturated heterocycles. The minimum atomic E-state index is -1.00. The first-order valence-electron chi connectivity index (χ1n) is 10.8. The van der Waals surface area contributed by atoms with Gasteiger partial charge in [-0.15, -0.1) is 0 Å². The van der Waals surface area contributed by atoms with Crippen molar-refractivity contribution in [3.63, 3.8) is 0 Å². The molecule has 6 heteroatoms. The number of aromatic hydroxyl groups is 1. The van der Waals surface area contributed by atoms with Crippen molar-refractivity contribution in [2.45, 2.75) is 48.8 Å². The topological polar surface area (TPSA) is 83.8 Å². The van der Waals surface area contributed by atoms with Crippen LogP contribution < -0.4 is 4.74 Å². The number of benzene rings is 2. The van der Waals surface area contributed by atoms with E-state index < -0.39 is 5.97 Å². The number of hydrogen-bond donors (Lipinski definition) is 2. The fourth-order valence-corrected chi connectivity index (χ4v) is 7.34. The summed E-state index contributed by atoms with van der Waals surface area (Å²) < 4.78 is 5.67. The molecule has 0 heterocycles. The minimum Gasteiger partial charge on any atom is -0.507 e. The van der Waals surface area contributed by atoms with Crippen molar-refractivity contribution in [3.05, 3.63) is 53.1 Å². The molecule has 2 aromatic carbocycles. The first-order valence-corrected chi connectivity index (χ1v) is 11.7. The molecule has 6 rings (SSSR count). The average Bonchev–Trinajstić information content (AvgIpc) is 2.72. The Labute approximate surface area is 185 Å². The second kappa shape index (κ2) is 7.59. The number of phenolic OH excluding ortho intramolecular Hbond substituents is 1. The van der Waals surface area contributed by atoms with Crippen LogP contribution in [0.25, 0.3) is 0 Å². The van der Waals surface area contributed by atoms with Crippen LogP contribution in [0.15, 0.2) is 41.3 Å². The molecule has 5 nitrogen and oxygen atoms in total. The van der Waals surface area contributed by atoms with E-state index in [0.29, 0.717) is 16.2 Å². The molecule has 4 fully saturated rings. The number of hydrogen-bond acceptors (Lipinski definition) is 5. The largest absolute Gasteiger partial charge is 0.507 e. The van der Waals surface area contributed by atoms with Crippen LogP contribution in [-0.4, -0.2) is 28.4 Å². The van der Waals surface area contributed by atoms with Gasteiger partial charge in [-0.25, -0.2) is 4.79 Å². The smallest absolute Gasteiger partial charge is 0.335 e. The Morgan fingerprint density at radius 1 is 1.00 bits per heavy atom. The van der Waals surface area contributed by atoms with Crippen molar-refractivity contribution in [1.82, 2.24) is 0 Å². The zero-order valence-electron chi connectivity index (χ0n) is 17.5. The Morgan fingerprint density at radius 3 is 2.10 bits per heavy atom. The van der Waals surface area contributed by atoms with E-state index in [1.807, 2.05) is 6.07 Å². The highest BCUT2D eigenvalue weighted by molar-refractivity contribution is 8.14. The summed E-state index contributed by atoms with van der Waals surface area (Å²) in [5.74, 6) is 1.86. The summed E-state index contributed by atoms with van der Waals surface area (Å²) in [4.78, 5) is 24.8. The van der Waals surface area contributed by atoms with Gasteiger partial charge < -0.3 is 14.9 Å². The summed E-state index contributed by atoms with van der Waals surface area (Å²) in [7, 11) is 1.62. The number of thioether (sulfide) groups is 1. The van der Waals surface area contributed by atoms with Crippen LogP contribution in [0, 0.1) is 17.8 Å². The van der Waals surface area contributed by atoms with Crippen LogP contribution in [0.5, 0.6) is 11.5 Å². The van der Waals surface area contributed by atoms with Crippen molar-refractivity contribution in [2.24, 2.45) is 17.8 Å². The quantitative estimate of drug-likeness (QED) is 0.600. The lowest BCUT2D eigenvalue weighted by molar-refractivity contribution is -0.00619. The summed E-state index contributed by atoms with van der Waals surface area (Å²) in [6.45, 7) is 0. The molecule has 0 aliphatic heterocycles. The number of carboxylic acids is 1. The molecule has 162 valence electrons. The third-order valence-corrected chi connectivity index (χ3v) is 8.37. The minimum absolute atomic E-state index is 0.0383. The zero-order valence-corrected chi connectivity index (χ0v) is 18.3. The Bertz CT molecular complexity index is 1010. The lowest BCUT2D eigenvalue weighted by Crippen LogP contribution is -2.48. The molecule has 0 amide bonds. The molecule has 0 atom stereocenters. The lowest BCUT2D eigenvalue weighted by atomic mass is 9.48. The summed E-state index contributed by atoms with van der Waals surface area (Å²) >= 11 is 0.998. The van der Waals surface area contributed by atoms with Crippen LogP contribution in [0.3, 0.4) is 0 Å². The predicted molar refractivity (Wildman–Crippen MR) is 118 cm³/mol. The van der Waals surface area contributed by atoms with E-state index >= 15 is 0 Å². The van der Waals surface area contributed by atoms with E-state index in [9.17, 15) is 14.7 Å². The van der Waals surface area contributed by atoms with E-state index in [1.54, 1.807) is 25.3 Å². The summed E-state index contributed by atoms with van der Waals surface area (Å²) in [6, 6.07) is 9.65. The van der Waals surface area contributed by atoms with E-state index in [-0.39, 0.29) is 21.8 Å². The van der Waals surface area contributed by atoms with Gasteiger partial charge in [-0.2, -0.15) is 0 Å². The molecule has 0 spiro atoms. The lowest BCUT2D eigenvalue weighted by Gasteiger charge is -2.57. The first-order chi connectivity index (χ1) is 14.9. The Balaban J connectivity index is 1.47. The molecule has 0 radical (unpaired) electrons. The monoisotopic (exact) mass is 438 g/mol. The number of aromatic carboxylic acids is 1. The molecule has 4 aliphatic carbocycles. The molecular formula is C25H26O5S. The second-order valence-corrected chi connectivity index (χ2v) is 10.5. The van der Waals surface area contributed by atoms with Gasteiger partial charge in [0.25, 0.3) is 0 Å². The number of phenols is 1. The van der Waals surface area contributed by atoms with Crippen molar-refractivity contribution in [2.75, 3.05) is 7.11 Å². The zero-order chi connectivity index (χ0) is 21.8. The van der Waals surface area contributed by atoms with E-state index in [4.69, 9.17) is 9.84 Å². The summed E-state index contributed by atoms with van der Waals surface area (Å²) in [5, 5.41) is 19.4. The third-order valence-electron chi connectivity index (χ3n) is 7.46.